The van der Waals surface area contributed by atoms with Gasteiger partial charge in [-0.15, -0.1) is 0 Å². The van der Waals surface area contributed by atoms with Crippen LogP contribution in [0.3, 0.4) is 0 Å². The van der Waals surface area contributed by atoms with E-state index in [2.05, 4.69) is 19.2 Å². The van der Waals surface area contributed by atoms with Crippen LogP contribution >= 0.6 is 12.2 Å². The van der Waals surface area contributed by atoms with Crippen LogP contribution in [0.15, 0.2) is 24.3 Å². The Bertz CT molecular complexity index is 430. The molecule has 0 radical (unpaired) electrons. The van der Waals surface area contributed by atoms with E-state index in [9.17, 15) is 4.79 Å². The van der Waals surface area contributed by atoms with Crippen molar-refractivity contribution in [2.75, 3.05) is 6.54 Å². The number of carbonyl (C=O) groups is 1. The van der Waals surface area contributed by atoms with E-state index in [4.69, 9.17) is 18.0 Å². The van der Waals surface area contributed by atoms with Crippen LogP contribution in [0.25, 0.3) is 0 Å². The number of amides is 1. The lowest BCUT2D eigenvalue weighted by molar-refractivity contribution is 0.0952. The molecule has 3 nitrogen and oxygen atoms in total. The Kier molecular flexibility index (Phi) is 5.78. The fourth-order valence-electron chi connectivity index (χ4n) is 1.63. The van der Waals surface area contributed by atoms with Gasteiger partial charge in [-0.2, -0.15) is 0 Å². The molecule has 18 heavy (non-hydrogen) atoms. The summed E-state index contributed by atoms with van der Waals surface area (Å²) in [5, 5.41) is 2.90. The first-order valence-corrected chi connectivity index (χ1v) is 6.59. The summed E-state index contributed by atoms with van der Waals surface area (Å²) < 4.78 is 0. The summed E-state index contributed by atoms with van der Waals surface area (Å²) in [5.41, 5.74) is 6.86. The van der Waals surface area contributed by atoms with Crippen molar-refractivity contribution >= 4 is 23.1 Å². The van der Waals surface area contributed by atoms with Crippen molar-refractivity contribution in [2.24, 2.45) is 11.7 Å². The predicted molar refractivity (Wildman–Crippen MR) is 78.7 cm³/mol. The minimum Gasteiger partial charge on any atom is -0.389 e. The third-order valence-corrected chi connectivity index (χ3v) is 2.89. The van der Waals surface area contributed by atoms with Crippen LogP contribution in [0.2, 0.25) is 0 Å². The molecule has 0 bridgehead atoms. The van der Waals surface area contributed by atoms with Gasteiger partial charge < -0.3 is 11.1 Å². The van der Waals surface area contributed by atoms with Gasteiger partial charge >= 0.3 is 0 Å². The monoisotopic (exact) mass is 264 g/mol. The maximum absolute atomic E-state index is 11.9. The zero-order chi connectivity index (χ0) is 13.5. The average molecular weight is 264 g/mol. The van der Waals surface area contributed by atoms with Gasteiger partial charge in [-0.25, -0.2) is 0 Å². The highest BCUT2D eigenvalue weighted by Crippen LogP contribution is 2.06. The molecule has 0 heterocycles. The van der Waals surface area contributed by atoms with Gasteiger partial charge in [-0.3, -0.25) is 4.79 Å². The summed E-state index contributed by atoms with van der Waals surface area (Å²) >= 11 is 4.89. The molecule has 0 aliphatic heterocycles. The van der Waals surface area contributed by atoms with E-state index < -0.39 is 0 Å². The van der Waals surface area contributed by atoms with Crippen molar-refractivity contribution in [2.45, 2.75) is 26.7 Å². The summed E-state index contributed by atoms with van der Waals surface area (Å²) in [5.74, 6) is 0.594. The molecule has 0 aliphatic carbocycles. The summed E-state index contributed by atoms with van der Waals surface area (Å²) in [4.78, 5) is 12.2. The number of carbonyl (C=O) groups excluding carboxylic acids is 1. The van der Waals surface area contributed by atoms with Crippen LogP contribution < -0.4 is 11.1 Å². The Morgan fingerprint density at radius 2 is 2.06 bits per heavy atom. The van der Waals surface area contributed by atoms with Crippen LogP contribution in [0.5, 0.6) is 0 Å². The van der Waals surface area contributed by atoms with Gasteiger partial charge in [-0.05, 0) is 30.9 Å². The Hall–Kier alpha value is -1.42. The minimum atomic E-state index is -0.0724. The highest BCUT2D eigenvalue weighted by Gasteiger charge is 2.06. The van der Waals surface area contributed by atoms with Gasteiger partial charge in [0, 0.05) is 17.7 Å². The Labute approximate surface area is 114 Å². The van der Waals surface area contributed by atoms with Gasteiger partial charge in [0.15, 0.2) is 0 Å². The zero-order valence-corrected chi connectivity index (χ0v) is 11.7. The van der Waals surface area contributed by atoms with Gasteiger partial charge in [-0.1, -0.05) is 38.2 Å². The fourth-order valence-corrected chi connectivity index (χ4v) is 1.75. The SMILES string of the molecule is CC(C)CCCNC(=O)c1cccc(C(N)=S)c1. The van der Waals surface area contributed by atoms with Crippen molar-refractivity contribution in [1.82, 2.24) is 5.32 Å². The molecular formula is C14H20N2OS. The van der Waals surface area contributed by atoms with Crippen LogP contribution in [-0.2, 0) is 0 Å². The lowest BCUT2D eigenvalue weighted by Gasteiger charge is -2.07. The molecule has 0 fully saturated rings. The molecule has 1 aromatic carbocycles. The topological polar surface area (TPSA) is 55.1 Å². The van der Waals surface area contributed by atoms with E-state index >= 15 is 0 Å². The molecule has 1 aromatic rings. The van der Waals surface area contributed by atoms with Gasteiger partial charge in [0.1, 0.15) is 4.99 Å². The number of hydrogen-bond donors (Lipinski definition) is 2. The normalized spacial score (nSPS) is 10.4. The van der Waals surface area contributed by atoms with Gasteiger partial charge in [0.05, 0.1) is 0 Å². The maximum atomic E-state index is 11.9. The quantitative estimate of drug-likeness (QED) is 0.613. The van der Waals surface area contributed by atoms with Gasteiger partial charge in [0.2, 0.25) is 0 Å². The largest absolute Gasteiger partial charge is 0.389 e. The van der Waals surface area contributed by atoms with Crippen LogP contribution in [0.1, 0.15) is 42.6 Å². The third-order valence-electron chi connectivity index (χ3n) is 2.65. The fraction of sp³-hybridized carbons (Fsp3) is 0.429. The second-order valence-electron chi connectivity index (χ2n) is 4.74. The van der Waals surface area contributed by atoms with Crippen molar-refractivity contribution in [1.29, 1.82) is 0 Å². The van der Waals surface area contributed by atoms with Gasteiger partial charge in [0.25, 0.3) is 5.91 Å². The highest BCUT2D eigenvalue weighted by molar-refractivity contribution is 7.80. The van der Waals surface area contributed by atoms with E-state index in [1.54, 1.807) is 24.3 Å². The summed E-state index contributed by atoms with van der Waals surface area (Å²) in [7, 11) is 0. The van der Waals surface area contributed by atoms with E-state index in [-0.39, 0.29) is 5.91 Å². The smallest absolute Gasteiger partial charge is 0.251 e. The van der Waals surface area contributed by atoms with Crippen LogP contribution in [0, 0.1) is 5.92 Å². The first-order chi connectivity index (χ1) is 8.50. The summed E-state index contributed by atoms with van der Waals surface area (Å²) in [6.07, 6.45) is 2.12. The van der Waals surface area contributed by atoms with Crippen molar-refractivity contribution in [3.05, 3.63) is 35.4 Å². The molecule has 98 valence electrons. The number of thiocarbonyl (C=S) groups is 1. The first-order valence-electron chi connectivity index (χ1n) is 6.18. The number of benzene rings is 1. The summed E-state index contributed by atoms with van der Waals surface area (Å²) in [6, 6.07) is 7.08. The number of nitrogens with one attached hydrogen (secondary N) is 1. The Morgan fingerprint density at radius 3 is 2.67 bits per heavy atom. The van der Waals surface area contributed by atoms with E-state index in [0.717, 1.165) is 18.4 Å². The Morgan fingerprint density at radius 1 is 1.39 bits per heavy atom. The third kappa shape index (κ3) is 4.84. The molecule has 1 rings (SSSR count). The molecule has 0 unspecified atom stereocenters. The van der Waals surface area contributed by atoms with E-state index in [1.165, 1.54) is 0 Å². The number of rotatable bonds is 6. The maximum Gasteiger partial charge on any atom is 0.251 e. The Balaban J connectivity index is 2.51. The molecule has 0 atom stereocenters. The first kappa shape index (κ1) is 14.6. The molecule has 0 aliphatic rings. The van der Waals surface area contributed by atoms with Crippen molar-refractivity contribution in [3.8, 4) is 0 Å². The second-order valence-corrected chi connectivity index (χ2v) is 5.18. The summed E-state index contributed by atoms with van der Waals surface area (Å²) in [6.45, 7) is 5.05. The van der Waals surface area contributed by atoms with Crippen molar-refractivity contribution < 1.29 is 4.79 Å². The molecule has 0 saturated heterocycles. The molecule has 4 heteroatoms. The number of hydrogen-bond acceptors (Lipinski definition) is 2. The molecule has 0 aromatic heterocycles. The average Bonchev–Trinajstić information content (AvgIpc) is 2.34. The lowest BCUT2D eigenvalue weighted by atomic mass is 10.1. The van der Waals surface area contributed by atoms with E-state index in [1.807, 2.05) is 0 Å². The molecule has 3 N–H and O–H groups in total. The number of nitrogens with two attached hydrogens (primary N) is 1. The minimum absolute atomic E-state index is 0.0724. The van der Waals surface area contributed by atoms with E-state index in [0.29, 0.717) is 23.0 Å². The van der Waals surface area contributed by atoms with Crippen LogP contribution in [0.4, 0.5) is 0 Å². The highest BCUT2D eigenvalue weighted by atomic mass is 32.1. The second kappa shape index (κ2) is 7.11. The van der Waals surface area contributed by atoms with Crippen LogP contribution in [-0.4, -0.2) is 17.4 Å². The zero-order valence-electron chi connectivity index (χ0n) is 10.9. The molecule has 0 saturated carbocycles. The standard InChI is InChI=1S/C14H20N2OS/c1-10(2)5-4-8-16-14(17)12-7-3-6-11(9-12)13(15)18/h3,6-7,9-10H,4-5,8H2,1-2H3,(H2,15,18)(H,16,17). The molecule has 1 amide bonds. The van der Waals surface area contributed by atoms with Crippen molar-refractivity contribution in [3.63, 3.8) is 0 Å². The molecular weight excluding hydrogens is 244 g/mol. The molecule has 0 spiro atoms. The lowest BCUT2D eigenvalue weighted by Crippen LogP contribution is -2.25. The predicted octanol–water partition coefficient (Wildman–Crippen LogP) is 2.49.